The average Bonchev–Trinajstić information content (AvgIpc) is 2.69. The molecule has 0 saturated heterocycles. The topological polar surface area (TPSA) is 67.4 Å². The maximum absolute atomic E-state index is 12.4. The first-order valence-electron chi connectivity index (χ1n) is 9.00. The number of anilines is 1. The Morgan fingerprint density at radius 3 is 2.18 bits per heavy atom. The average molecular weight is 374 g/mol. The van der Waals surface area contributed by atoms with Crippen LogP contribution in [0.5, 0.6) is 11.5 Å². The molecule has 0 bridgehead atoms. The largest absolute Gasteiger partial charge is 0.457 e. The number of ether oxygens (including phenoxy) is 1. The van der Waals surface area contributed by atoms with Gasteiger partial charge in [0.1, 0.15) is 11.5 Å². The number of aryl methyl sites for hydroxylation is 1. The van der Waals surface area contributed by atoms with Gasteiger partial charge in [-0.3, -0.25) is 9.59 Å². The summed E-state index contributed by atoms with van der Waals surface area (Å²) >= 11 is 0. The van der Waals surface area contributed by atoms with Gasteiger partial charge in [-0.15, -0.1) is 0 Å². The summed E-state index contributed by atoms with van der Waals surface area (Å²) in [7, 11) is 0. The van der Waals surface area contributed by atoms with E-state index in [4.69, 9.17) is 4.74 Å². The van der Waals surface area contributed by atoms with Gasteiger partial charge in [0.05, 0.1) is 0 Å². The minimum Gasteiger partial charge on any atom is -0.457 e. The molecule has 28 heavy (non-hydrogen) atoms. The Bertz CT molecular complexity index is 981. The van der Waals surface area contributed by atoms with E-state index in [1.54, 1.807) is 24.3 Å². The van der Waals surface area contributed by atoms with Crippen LogP contribution < -0.4 is 15.4 Å². The fourth-order valence-electron chi connectivity index (χ4n) is 2.72. The molecule has 0 aliphatic carbocycles. The minimum absolute atomic E-state index is 0.150. The van der Waals surface area contributed by atoms with Gasteiger partial charge in [0.2, 0.25) is 5.91 Å². The van der Waals surface area contributed by atoms with Crippen molar-refractivity contribution in [3.05, 3.63) is 89.5 Å². The maximum Gasteiger partial charge on any atom is 0.251 e. The molecule has 0 aliphatic heterocycles. The monoisotopic (exact) mass is 374 g/mol. The molecule has 0 atom stereocenters. The second-order valence-corrected chi connectivity index (χ2v) is 6.42. The molecule has 0 aliphatic rings. The number of hydrogen-bond donors (Lipinski definition) is 2. The summed E-state index contributed by atoms with van der Waals surface area (Å²) in [4.78, 5) is 23.5. The van der Waals surface area contributed by atoms with E-state index in [2.05, 4.69) is 10.6 Å². The highest BCUT2D eigenvalue weighted by Gasteiger charge is 2.09. The standard InChI is InChI=1S/C23H22N2O3/c1-16-7-3-5-9-21(16)28-22-10-6-4-8-19(22)15-24-23(27)18-11-13-20(14-12-18)25-17(2)26/h3-14H,15H2,1-2H3,(H,24,27)(H,25,26). The van der Waals surface area contributed by atoms with Crippen molar-refractivity contribution < 1.29 is 14.3 Å². The summed E-state index contributed by atoms with van der Waals surface area (Å²) in [6.45, 7) is 3.77. The quantitative estimate of drug-likeness (QED) is 0.658. The second-order valence-electron chi connectivity index (χ2n) is 6.42. The van der Waals surface area contributed by atoms with Crippen LogP contribution in [0.4, 0.5) is 5.69 Å². The van der Waals surface area contributed by atoms with Gasteiger partial charge in [0.25, 0.3) is 5.91 Å². The van der Waals surface area contributed by atoms with Crippen molar-refractivity contribution in [3.63, 3.8) is 0 Å². The smallest absolute Gasteiger partial charge is 0.251 e. The molecule has 3 rings (SSSR count). The lowest BCUT2D eigenvalue weighted by molar-refractivity contribution is -0.114. The number of para-hydroxylation sites is 2. The van der Waals surface area contributed by atoms with E-state index in [0.29, 0.717) is 23.5 Å². The van der Waals surface area contributed by atoms with Crippen molar-refractivity contribution in [1.29, 1.82) is 0 Å². The molecule has 0 spiro atoms. The normalized spacial score (nSPS) is 10.2. The molecular formula is C23H22N2O3. The summed E-state index contributed by atoms with van der Waals surface area (Å²) in [6, 6.07) is 22.2. The Kier molecular flexibility index (Phi) is 6.07. The number of rotatable bonds is 6. The summed E-state index contributed by atoms with van der Waals surface area (Å²) in [6.07, 6.45) is 0. The molecule has 3 aromatic rings. The Hall–Kier alpha value is -3.60. The van der Waals surface area contributed by atoms with E-state index < -0.39 is 0 Å². The van der Waals surface area contributed by atoms with Gasteiger partial charge in [-0.1, -0.05) is 36.4 Å². The van der Waals surface area contributed by atoms with Gasteiger partial charge >= 0.3 is 0 Å². The zero-order chi connectivity index (χ0) is 19.9. The molecule has 2 amide bonds. The Balaban J connectivity index is 1.67. The van der Waals surface area contributed by atoms with Crippen LogP contribution in [0.25, 0.3) is 0 Å². The number of nitrogens with one attached hydrogen (secondary N) is 2. The van der Waals surface area contributed by atoms with Crippen molar-refractivity contribution in [2.75, 3.05) is 5.32 Å². The van der Waals surface area contributed by atoms with E-state index in [-0.39, 0.29) is 11.8 Å². The Morgan fingerprint density at radius 1 is 0.857 bits per heavy atom. The van der Waals surface area contributed by atoms with Crippen molar-refractivity contribution in [2.24, 2.45) is 0 Å². The van der Waals surface area contributed by atoms with Gasteiger partial charge < -0.3 is 15.4 Å². The van der Waals surface area contributed by atoms with Crippen LogP contribution >= 0.6 is 0 Å². The van der Waals surface area contributed by atoms with Gasteiger partial charge in [-0.25, -0.2) is 0 Å². The molecule has 0 radical (unpaired) electrons. The third-order valence-corrected chi connectivity index (χ3v) is 4.19. The predicted molar refractivity (Wildman–Crippen MR) is 110 cm³/mol. The maximum atomic E-state index is 12.4. The van der Waals surface area contributed by atoms with E-state index in [9.17, 15) is 9.59 Å². The molecule has 0 saturated carbocycles. The van der Waals surface area contributed by atoms with Crippen LogP contribution in [0.3, 0.4) is 0 Å². The zero-order valence-electron chi connectivity index (χ0n) is 15.9. The molecule has 5 heteroatoms. The summed E-state index contributed by atoms with van der Waals surface area (Å²) in [5.74, 6) is 1.15. The molecule has 0 fully saturated rings. The highest BCUT2D eigenvalue weighted by Crippen LogP contribution is 2.27. The van der Waals surface area contributed by atoms with Crippen molar-refractivity contribution in [3.8, 4) is 11.5 Å². The minimum atomic E-state index is -0.194. The van der Waals surface area contributed by atoms with Crippen LogP contribution in [0.1, 0.15) is 28.4 Å². The molecule has 5 nitrogen and oxygen atoms in total. The lowest BCUT2D eigenvalue weighted by Crippen LogP contribution is -2.23. The molecule has 2 N–H and O–H groups in total. The molecule has 3 aromatic carbocycles. The predicted octanol–water partition coefficient (Wildman–Crippen LogP) is 4.68. The van der Waals surface area contributed by atoms with Crippen molar-refractivity contribution in [2.45, 2.75) is 20.4 Å². The molecular weight excluding hydrogens is 352 g/mol. The van der Waals surface area contributed by atoms with Crippen LogP contribution in [0, 0.1) is 6.92 Å². The molecule has 0 heterocycles. The van der Waals surface area contributed by atoms with Crippen LogP contribution in [0.2, 0.25) is 0 Å². The third kappa shape index (κ3) is 4.98. The van der Waals surface area contributed by atoms with E-state index in [0.717, 1.165) is 16.9 Å². The van der Waals surface area contributed by atoms with Gasteiger partial charge in [-0.2, -0.15) is 0 Å². The van der Waals surface area contributed by atoms with Crippen LogP contribution in [-0.4, -0.2) is 11.8 Å². The third-order valence-electron chi connectivity index (χ3n) is 4.19. The highest BCUT2D eigenvalue weighted by molar-refractivity contribution is 5.95. The van der Waals surface area contributed by atoms with E-state index in [1.807, 2.05) is 55.5 Å². The van der Waals surface area contributed by atoms with Gasteiger partial charge in [0.15, 0.2) is 0 Å². The first-order chi connectivity index (χ1) is 13.5. The lowest BCUT2D eigenvalue weighted by Gasteiger charge is -2.13. The summed E-state index contributed by atoms with van der Waals surface area (Å²) in [5, 5.41) is 5.59. The van der Waals surface area contributed by atoms with E-state index in [1.165, 1.54) is 6.92 Å². The number of hydrogen-bond acceptors (Lipinski definition) is 3. The second kappa shape index (κ2) is 8.86. The zero-order valence-corrected chi connectivity index (χ0v) is 15.9. The van der Waals surface area contributed by atoms with Gasteiger partial charge in [0, 0.05) is 30.3 Å². The van der Waals surface area contributed by atoms with Crippen molar-refractivity contribution in [1.82, 2.24) is 5.32 Å². The fraction of sp³-hybridized carbons (Fsp3) is 0.130. The fourth-order valence-corrected chi connectivity index (χ4v) is 2.72. The van der Waals surface area contributed by atoms with Gasteiger partial charge in [-0.05, 0) is 48.9 Å². The Morgan fingerprint density at radius 2 is 1.50 bits per heavy atom. The molecule has 0 unspecified atom stereocenters. The summed E-state index contributed by atoms with van der Waals surface area (Å²) < 4.78 is 6.04. The number of benzene rings is 3. The van der Waals surface area contributed by atoms with Crippen molar-refractivity contribution >= 4 is 17.5 Å². The lowest BCUT2D eigenvalue weighted by atomic mass is 10.1. The summed E-state index contributed by atoms with van der Waals surface area (Å²) in [5.41, 5.74) is 3.10. The molecule has 142 valence electrons. The number of carbonyl (C=O) groups is 2. The Labute approximate surface area is 164 Å². The number of carbonyl (C=O) groups excluding carboxylic acids is 2. The SMILES string of the molecule is CC(=O)Nc1ccc(C(=O)NCc2ccccc2Oc2ccccc2C)cc1. The van der Waals surface area contributed by atoms with Crippen LogP contribution in [-0.2, 0) is 11.3 Å². The highest BCUT2D eigenvalue weighted by atomic mass is 16.5. The number of amides is 2. The van der Waals surface area contributed by atoms with Crippen LogP contribution in [0.15, 0.2) is 72.8 Å². The first kappa shape index (κ1) is 19.2. The first-order valence-corrected chi connectivity index (χ1v) is 9.00. The van der Waals surface area contributed by atoms with E-state index >= 15 is 0 Å². The molecule has 0 aromatic heterocycles.